The van der Waals surface area contributed by atoms with Crippen LogP contribution in [-0.2, 0) is 0 Å². The largest absolute Gasteiger partial charge is 0.494 e. The summed E-state index contributed by atoms with van der Waals surface area (Å²) in [6.07, 6.45) is 5.29. The van der Waals surface area contributed by atoms with Gasteiger partial charge in [-0.05, 0) is 77.0 Å². The third-order valence-corrected chi connectivity index (χ3v) is 6.16. The molecule has 148 valence electrons. The van der Waals surface area contributed by atoms with Gasteiger partial charge in [0.05, 0.1) is 11.1 Å². The maximum absolute atomic E-state index is 12.7. The molecule has 4 rings (SSSR count). The number of unbranched alkanes of at least 4 members (excludes halogenated alkanes) is 2. The fourth-order valence-corrected chi connectivity index (χ4v) is 4.18. The molecule has 0 saturated heterocycles. The zero-order valence-corrected chi connectivity index (χ0v) is 18.9. The van der Waals surface area contributed by atoms with E-state index < -0.39 is 0 Å². The third-order valence-electron chi connectivity index (χ3n) is 4.48. The summed E-state index contributed by atoms with van der Waals surface area (Å²) in [5.74, 6) is 1.39. The average Bonchev–Trinajstić information content (AvgIpc) is 3.27. The molecule has 0 fully saturated rings. The van der Waals surface area contributed by atoms with Crippen LogP contribution < -0.4 is 14.8 Å². The molecule has 0 amide bonds. The van der Waals surface area contributed by atoms with Crippen LogP contribution in [0.15, 0.2) is 53.3 Å². The van der Waals surface area contributed by atoms with Gasteiger partial charge in [0.2, 0.25) is 4.96 Å². The van der Waals surface area contributed by atoms with Crippen molar-refractivity contribution in [3.8, 4) is 17.1 Å². The highest BCUT2D eigenvalue weighted by Gasteiger charge is 2.12. The Morgan fingerprint density at radius 2 is 1.86 bits per heavy atom. The van der Waals surface area contributed by atoms with E-state index in [1.807, 2.05) is 54.6 Å². The van der Waals surface area contributed by atoms with Crippen LogP contribution in [0.3, 0.4) is 0 Å². The second-order valence-corrected chi connectivity index (χ2v) is 8.93. The molecular weight excluding hydrogens is 497 g/mol. The van der Waals surface area contributed by atoms with Gasteiger partial charge in [-0.3, -0.25) is 4.79 Å². The van der Waals surface area contributed by atoms with Crippen molar-refractivity contribution in [3.63, 3.8) is 0 Å². The van der Waals surface area contributed by atoms with E-state index in [0.717, 1.165) is 33.5 Å². The van der Waals surface area contributed by atoms with Gasteiger partial charge in [-0.2, -0.15) is 9.50 Å². The van der Waals surface area contributed by atoms with E-state index in [4.69, 9.17) is 4.74 Å². The molecule has 0 radical (unpaired) electrons. The predicted octanol–water partition coefficient (Wildman–Crippen LogP) is 4.54. The van der Waals surface area contributed by atoms with Crippen molar-refractivity contribution in [1.82, 2.24) is 14.6 Å². The predicted molar refractivity (Wildman–Crippen MR) is 126 cm³/mol. The molecule has 5 nitrogen and oxygen atoms in total. The molecule has 29 heavy (non-hydrogen) atoms. The van der Waals surface area contributed by atoms with Crippen LogP contribution >= 0.6 is 33.9 Å². The van der Waals surface area contributed by atoms with Crippen molar-refractivity contribution in [2.75, 3.05) is 6.61 Å². The number of hydrogen-bond donors (Lipinski definition) is 0. The van der Waals surface area contributed by atoms with Crippen molar-refractivity contribution in [3.05, 3.63) is 72.6 Å². The maximum atomic E-state index is 12.7. The zero-order chi connectivity index (χ0) is 20.2. The first-order chi connectivity index (χ1) is 14.1. The average molecular weight is 517 g/mol. The highest BCUT2D eigenvalue weighted by atomic mass is 127. The van der Waals surface area contributed by atoms with Gasteiger partial charge in [0.1, 0.15) is 5.75 Å². The van der Waals surface area contributed by atoms with E-state index in [0.29, 0.717) is 15.3 Å². The highest BCUT2D eigenvalue weighted by molar-refractivity contribution is 14.1. The lowest BCUT2D eigenvalue weighted by atomic mass is 10.2. The molecule has 0 saturated carbocycles. The Morgan fingerprint density at radius 1 is 1.10 bits per heavy atom. The van der Waals surface area contributed by atoms with E-state index >= 15 is 0 Å². The molecule has 2 heterocycles. The van der Waals surface area contributed by atoms with E-state index in [9.17, 15) is 4.79 Å². The normalized spacial score (nSPS) is 12.0. The quantitative estimate of drug-likeness (QED) is 0.267. The minimum atomic E-state index is -0.141. The molecule has 2 aromatic carbocycles. The van der Waals surface area contributed by atoms with Gasteiger partial charge in [0, 0.05) is 9.13 Å². The number of nitrogens with zero attached hydrogens (tertiary/aromatic N) is 3. The number of hydrogen-bond acceptors (Lipinski definition) is 5. The number of halogens is 1. The molecule has 4 aromatic rings. The van der Waals surface area contributed by atoms with Crippen LogP contribution in [0.5, 0.6) is 5.75 Å². The van der Waals surface area contributed by atoms with Crippen LogP contribution in [0, 0.1) is 3.57 Å². The first kappa shape index (κ1) is 20.0. The van der Waals surface area contributed by atoms with Crippen molar-refractivity contribution in [1.29, 1.82) is 0 Å². The van der Waals surface area contributed by atoms with Crippen LogP contribution in [0.2, 0.25) is 0 Å². The molecule has 0 spiro atoms. The Bertz CT molecular complexity index is 1210. The van der Waals surface area contributed by atoms with Crippen molar-refractivity contribution >= 4 is 45.0 Å². The summed E-state index contributed by atoms with van der Waals surface area (Å²) >= 11 is 3.61. The highest BCUT2D eigenvalue weighted by Crippen LogP contribution is 2.20. The summed E-state index contributed by atoms with van der Waals surface area (Å²) in [6, 6.07) is 15.7. The SMILES string of the molecule is CCCCCOc1ccc(-c2nc3s/c(=C\c4ccc(I)cc4)c(=O)n3n2)cc1. The number of rotatable bonds is 7. The van der Waals surface area contributed by atoms with E-state index in [-0.39, 0.29) is 5.56 Å². The van der Waals surface area contributed by atoms with Crippen molar-refractivity contribution in [2.24, 2.45) is 0 Å². The van der Waals surface area contributed by atoms with Crippen LogP contribution in [0.4, 0.5) is 0 Å². The Labute approximate surface area is 186 Å². The zero-order valence-electron chi connectivity index (χ0n) is 16.0. The van der Waals surface area contributed by atoms with E-state index in [2.05, 4.69) is 39.6 Å². The smallest absolute Gasteiger partial charge is 0.291 e. The Balaban J connectivity index is 1.55. The van der Waals surface area contributed by atoms with E-state index in [1.54, 1.807) is 0 Å². The molecule has 0 aliphatic carbocycles. The Morgan fingerprint density at radius 3 is 2.55 bits per heavy atom. The molecule has 2 aromatic heterocycles. The molecule has 7 heteroatoms. The summed E-state index contributed by atoms with van der Waals surface area (Å²) in [4.78, 5) is 17.8. The van der Waals surface area contributed by atoms with Gasteiger partial charge in [-0.1, -0.05) is 43.2 Å². The minimum absolute atomic E-state index is 0.141. The van der Waals surface area contributed by atoms with E-state index in [1.165, 1.54) is 28.7 Å². The summed E-state index contributed by atoms with van der Waals surface area (Å²) in [5.41, 5.74) is 1.71. The molecule has 0 bridgehead atoms. The number of benzene rings is 2. The fraction of sp³-hybridized carbons (Fsp3) is 0.227. The van der Waals surface area contributed by atoms with Gasteiger partial charge in [0.15, 0.2) is 5.82 Å². The lowest BCUT2D eigenvalue weighted by Gasteiger charge is -2.05. The molecule has 0 aliphatic heterocycles. The lowest BCUT2D eigenvalue weighted by Crippen LogP contribution is -2.23. The lowest BCUT2D eigenvalue weighted by molar-refractivity contribution is 0.306. The van der Waals surface area contributed by atoms with Gasteiger partial charge < -0.3 is 4.74 Å². The molecule has 0 aliphatic rings. The second-order valence-electron chi connectivity index (χ2n) is 6.68. The Kier molecular flexibility index (Phi) is 6.25. The number of fused-ring (bicyclic) bond motifs is 1. The minimum Gasteiger partial charge on any atom is -0.494 e. The molecular formula is C22H20IN3O2S. The summed E-state index contributed by atoms with van der Waals surface area (Å²) in [5, 5.41) is 4.42. The fourth-order valence-electron chi connectivity index (χ4n) is 2.91. The summed E-state index contributed by atoms with van der Waals surface area (Å²) < 4.78 is 8.91. The van der Waals surface area contributed by atoms with Crippen LogP contribution in [0.1, 0.15) is 31.7 Å². The van der Waals surface area contributed by atoms with Crippen LogP contribution in [-0.4, -0.2) is 21.2 Å². The second kappa shape index (κ2) is 9.04. The number of aromatic nitrogens is 3. The molecule has 0 atom stereocenters. The van der Waals surface area contributed by atoms with Gasteiger partial charge in [-0.25, -0.2) is 0 Å². The standard InChI is InChI=1S/C22H20IN3O2S/c1-2-3-4-13-28-18-11-7-16(8-12-18)20-24-22-26(25-20)21(27)19(29-22)14-15-5-9-17(23)10-6-15/h5-12,14H,2-4,13H2,1H3/b19-14-. The number of thiazole rings is 1. The first-order valence-electron chi connectivity index (χ1n) is 9.54. The molecule has 0 unspecified atom stereocenters. The third kappa shape index (κ3) is 4.67. The van der Waals surface area contributed by atoms with Crippen LogP contribution in [0.25, 0.3) is 22.4 Å². The topological polar surface area (TPSA) is 56.5 Å². The monoisotopic (exact) mass is 517 g/mol. The Hall–Kier alpha value is -2.26. The first-order valence-corrected chi connectivity index (χ1v) is 11.4. The van der Waals surface area contributed by atoms with Gasteiger partial charge in [-0.15, -0.1) is 5.10 Å². The summed E-state index contributed by atoms with van der Waals surface area (Å²) in [6.45, 7) is 2.90. The number of ether oxygens (including phenoxy) is 1. The molecule has 0 N–H and O–H groups in total. The van der Waals surface area contributed by atoms with Gasteiger partial charge >= 0.3 is 0 Å². The van der Waals surface area contributed by atoms with Crippen molar-refractivity contribution < 1.29 is 4.74 Å². The maximum Gasteiger partial charge on any atom is 0.291 e. The van der Waals surface area contributed by atoms with Crippen molar-refractivity contribution in [2.45, 2.75) is 26.2 Å². The summed E-state index contributed by atoms with van der Waals surface area (Å²) in [7, 11) is 0. The van der Waals surface area contributed by atoms with Gasteiger partial charge in [0.25, 0.3) is 5.56 Å².